The molecule has 0 atom stereocenters. The summed E-state index contributed by atoms with van der Waals surface area (Å²) in [6, 6.07) is 4.05. The lowest BCUT2D eigenvalue weighted by atomic mass is 10.1. The van der Waals surface area contributed by atoms with Crippen molar-refractivity contribution in [1.82, 2.24) is 5.32 Å². The Balaban J connectivity index is 2.92. The first-order valence-corrected chi connectivity index (χ1v) is 5.41. The highest BCUT2D eigenvalue weighted by Gasteiger charge is 2.18. The monoisotopic (exact) mass is 254 g/mol. The first-order valence-electron chi connectivity index (χ1n) is 5.41. The molecule has 6 heteroatoms. The molecule has 1 amide bonds. The third-order valence-corrected chi connectivity index (χ3v) is 2.57. The number of halogens is 1. The van der Waals surface area contributed by atoms with E-state index in [0.717, 1.165) is 6.07 Å². The average Bonchev–Trinajstić information content (AvgIpc) is 2.34. The summed E-state index contributed by atoms with van der Waals surface area (Å²) in [7, 11) is 3.14. The van der Waals surface area contributed by atoms with Crippen LogP contribution in [-0.2, 0) is 4.79 Å². The molecule has 1 aromatic rings. The predicted octanol–water partition coefficient (Wildman–Crippen LogP) is 1.10. The molecule has 1 rings (SSSR count). The standard InChI is InChI=1S/C12H15FN2O3/c1-14-10(16)6-7-15(2)9-5-3-4-8(13)11(9)12(17)18/h3-5H,6-7H2,1-2H3,(H,14,16)(H,17,18). The summed E-state index contributed by atoms with van der Waals surface area (Å²) in [4.78, 5) is 23.6. The lowest BCUT2D eigenvalue weighted by Crippen LogP contribution is -2.27. The Labute approximate surface area is 104 Å². The number of aromatic carboxylic acids is 1. The summed E-state index contributed by atoms with van der Waals surface area (Å²) in [5.74, 6) is -2.27. The number of nitrogens with zero attached hydrogens (tertiary/aromatic N) is 1. The van der Waals surface area contributed by atoms with E-state index in [1.54, 1.807) is 11.9 Å². The van der Waals surface area contributed by atoms with E-state index >= 15 is 0 Å². The zero-order valence-electron chi connectivity index (χ0n) is 10.2. The van der Waals surface area contributed by atoms with Crippen molar-refractivity contribution in [3.63, 3.8) is 0 Å². The molecule has 1 aromatic carbocycles. The Morgan fingerprint density at radius 1 is 1.44 bits per heavy atom. The maximum atomic E-state index is 13.4. The van der Waals surface area contributed by atoms with Gasteiger partial charge in [-0.3, -0.25) is 4.79 Å². The van der Waals surface area contributed by atoms with Crippen molar-refractivity contribution >= 4 is 17.6 Å². The van der Waals surface area contributed by atoms with Crippen LogP contribution >= 0.6 is 0 Å². The van der Waals surface area contributed by atoms with E-state index in [1.165, 1.54) is 19.2 Å². The SMILES string of the molecule is CNC(=O)CCN(C)c1cccc(F)c1C(=O)O. The van der Waals surface area contributed by atoms with Gasteiger partial charge in [0.05, 0.1) is 5.69 Å². The van der Waals surface area contributed by atoms with Gasteiger partial charge in [-0.05, 0) is 12.1 Å². The van der Waals surface area contributed by atoms with E-state index in [0.29, 0.717) is 6.54 Å². The van der Waals surface area contributed by atoms with Crippen LogP contribution in [0.15, 0.2) is 18.2 Å². The molecule has 0 aliphatic rings. The number of carbonyl (C=O) groups excluding carboxylic acids is 1. The van der Waals surface area contributed by atoms with Gasteiger partial charge in [-0.25, -0.2) is 9.18 Å². The topological polar surface area (TPSA) is 69.6 Å². The Kier molecular flexibility index (Phi) is 4.65. The third-order valence-electron chi connectivity index (χ3n) is 2.57. The van der Waals surface area contributed by atoms with Crippen molar-refractivity contribution in [3.8, 4) is 0 Å². The summed E-state index contributed by atoms with van der Waals surface area (Å²) in [5, 5.41) is 11.4. The number of amides is 1. The Morgan fingerprint density at radius 3 is 2.67 bits per heavy atom. The maximum absolute atomic E-state index is 13.4. The number of hydrogen-bond acceptors (Lipinski definition) is 3. The fraction of sp³-hybridized carbons (Fsp3) is 0.333. The van der Waals surface area contributed by atoms with E-state index in [1.807, 2.05) is 0 Å². The smallest absolute Gasteiger partial charge is 0.340 e. The molecular weight excluding hydrogens is 239 g/mol. The second-order valence-electron chi connectivity index (χ2n) is 3.78. The number of carboxylic acids is 1. The molecule has 0 radical (unpaired) electrons. The minimum atomic E-state index is -1.32. The summed E-state index contributed by atoms with van der Waals surface area (Å²) < 4.78 is 13.4. The molecule has 98 valence electrons. The van der Waals surface area contributed by atoms with Crippen LogP contribution in [-0.4, -0.2) is 37.6 Å². The fourth-order valence-corrected chi connectivity index (χ4v) is 1.56. The van der Waals surface area contributed by atoms with Gasteiger partial charge in [0.1, 0.15) is 11.4 Å². The van der Waals surface area contributed by atoms with Gasteiger partial charge in [0.2, 0.25) is 5.91 Å². The molecule has 0 bridgehead atoms. The molecule has 0 spiro atoms. The van der Waals surface area contributed by atoms with Crippen LogP contribution in [0, 0.1) is 5.82 Å². The van der Waals surface area contributed by atoms with Crippen molar-refractivity contribution < 1.29 is 19.1 Å². The number of nitrogens with one attached hydrogen (secondary N) is 1. The molecule has 0 aliphatic carbocycles. The normalized spacial score (nSPS) is 9.94. The summed E-state index contributed by atoms with van der Waals surface area (Å²) in [6.45, 7) is 0.309. The first-order chi connectivity index (χ1) is 8.47. The van der Waals surface area contributed by atoms with Crippen LogP contribution in [0.2, 0.25) is 0 Å². The highest BCUT2D eigenvalue weighted by Crippen LogP contribution is 2.22. The summed E-state index contributed by atoms with van der Waals surface area (Å²) in [6.07, 6.45) is 0.211. The molecule has 0 saturated carbocycles. The Bertz CT molecular complexity index is 463. The van der Waals surface area contributed by atoms with Crippen LogP contribution in [0.1, 0.15) is 16.8 Å². The van der Waals surface area contributed by atoms with E-state index < -0.39 is 11.8 Å². The lowest BCUT2D eigenvalue weighted by Gasteiger charge is -2.20. The number of hydrogen-bond donors (Lipinski definition) is 2. The number of carbonyl (C=O) groups is 2. The van der Waals surface area contributed by atoms with Crippen LogP contribution in [0.4, 0.5) is 10.1 Å². The van der Waals surface area contributed by atoms with Crippen LogP contribution in [0.3, 0.4) is 0 Å². The highest BCUT2D eigenvalue weighted by atomic mass is 19.1. The summed E-state index contributed by atoms with van der Waals surface area (Å²) >= 11 is 0. The van der Waals surface area contributed by atoms with E-state index in [-0.39, 0.29) is 23.6 Å². The van der Waals surface area contributed by atoms with Crippen molar-refractivity contribution in [2.75, 3.05) is 25.5 Å². The maximum Gasteiger partial charge on any atom is 0.340 e. The fourth-order valence-electron chi connectivity index (χ4n) is 1.56. The predicted molar refractivity (Wildman–Crippen MR) is 65.3 cm³/mol. The van der Waals surface area contributed by atoms with Gasteiger partial charge in [0.15, 0.2) is 0 Å². The molecule has 0 unspecified atom stereocenters. The quantitative estimate of drug-likeness (QED) is 0.825. The van der Waals surface area contributed by atoms with Crippen LogP contribution < -0.4 is 10.2 Å². The van der Waals surface area contributed by atoms with E-state index in [2.05, 4.69) is 5.32 Å². The number of anilines is 1. The molecule has 5 nitrogen and oxygen atoms in total. The van der Waals surface area contributed by atoms with Gasteiger partial charge >= 0.3 is 5.97 Å². The number of rotatable bonds is 5. The minimum Gasteiger partial charge on any atom is -0.478 e. The molecule has 18 heavy (non-hydrogen) atoms. The second-order valence-corrected chi connectivity index (χ2v) is 3.78. The zero-order chi connectivity index (χ0) is 13.7. The van der Waals surface area contributed by atoms with E-state index in [9.17, 15) is 14.0 Å². The van der Waals surface area contributed by atoms with E-state index in [4.69, 9.17) is 5.11 Å². The molecule has 0 heterocycles. The zero-order valence-corrected chi connectivity index (χ0v) is 10.2. The van der Waals surface area contributed by atoms with Crippen LogP contribution in [0.5, 0.6) is 0 Å². The Hall–Kier alpha value is -2.11. The lowest BCUT2D eigenvalue weighted by molar-refractivity contribution is -0.120. The minimum absolute atomic E-state index is 0.157. The van der Waals surface area contributed by atoms with Gasteiger partial charge in [0, 0.05) is 27.1 Å². The second kappa shape index (κ2) is 6.00. The molecule has 0 aromatic heterocycles. The number of benzene rings is 1. The Morgan fingerprint density at radius 2 is 2.11 bits per heavy atom. The van der Waals surface area contributed by atoms with Gasteiger partial charge in [-0.15, -0.1) is 0 Å². The third kappa shape index (κ3) is 3.19. The molecule has 0 aliphatic heterocycles. The molecule has 0 saturated heterocycles. The van der Waals surface area contributed by atoms with Crippen molar-refractivity contribution in [1.29, 1.82) is 0 Å². The highest BCUT2D eigenvalue weighted by molar-refractivity contribution is 5.94. The average molecular weight is 254 g/mol. The van der Waals surface area contributed by atoms with Gasteiger partial charge < -0.3 is 15.3 Å². The van der Waals surface area contributed by atoms with Gasteiger partial charge in [-0.2, -0.15) is 0 Å². The van der Waals surface area contributed by atoms with Gasteiger partial charge in [0.25, 0.3) is 0 Å². The largest absolute Gasteiger partial charge is 0.478 e. The van der Waals surface area contributed by atoms with Crippen molar-refractivity contribution in [3.05, 3.63) is 29.6 Å². The molecular formula is C12H15FN2O3. The molecule has 2 N–H and O–H groups in total. The van der Waals surface area contributed by atoms with Crippen molar-refractivity contribution in [2.24, 2.45) is 0 Å². The number of carboxylic acid groups (broad SMARTS) is 1. The van der Waals surface area contributed by atoms with Crippen molar-refractivity contribution in [2.45, 2.75) is 6.42 Å². The van der Waals surface area contributed by atoms with Gasteiger partial charge in [-0.1, -0.05) is 6.07 Å². The summed E-state index contributed by atoms with van der Waals surface area (Å²) in [5.41, 5.74) is -0.122. The van der Waals surface area contributed by atoms with Crippen LogP contribution in [0.25, 0.3) is 0 Å². The molecule has 0 fully saturated rings. The first kappa shape index (κ1) is 14.0.